The zero-order chi connectivity index (χ0) is 41.4. The van der Waals surface area contributed by atoms with Gasteiger partial charge in [-0.3, -0.25) is 0 Å². The number of anilines is 6. The van der Waals surface area contributed by atoms with Crippen LogP contribution in [0, 0.1) is 0 Å². The zero-order valence-electron chi connectivity index (χ0n) is 35.5. The topological polar surface area (TPSA) is 6.48 Å². The van der Waals surface area contributed by atoms with E-state index in [-0.39, 0.29) is 10.8 Å². The van der Waals surface area contributed by atoms with Crippen molar-refractivity contribution in [1.82, 2.24) is 0 Å². The molecule has 0 fully saturated rings. The zero-order valence-corrected chi connectivity index (χ0v) is 35.5. The minimum absolute atomic E-state index is 0.152. The van der Waals surface area contributed by atoms with E-state index in [1.165, 1.54) is 54.9 Å². The molecule has 60 heavy (non-hydrogen) atoms. The highest BCUT2D eigenvalue weighted by atomic mass is 15.1. The fourth-order valence-corrected chi connectivity index (χ4v) is 9.06. The lowest BCUT2D eigenvalue weighted by Crippen LogP contribution is -2.18. The molecule has 0 amide bonds. The number of para-hydroxylation sites is 2. The smallest absolute Gasteiger partial charge is 0.0468 e. The molecule has 2 nitrogen and oxygen atoms in total. The molecular formula is C58H52N2. The standard InChI is InChI=1S/C58H52N2/c1-57(2,3)55-51-35-33-50(60(46-29-17-10-18-30-46)48-32-20-26-44(38-48)42-23-13-8-14-24-42)40-54(51)56(58(4,5)6)52-36-34-49(39-53(52)55)59(45-27-15-9-16-28-45)47-31-19-25-43(37-47)41-21-11-7-12-22-41/h7-40H,1-6H3. The normalized spacial score (nSPS) is 11.8. The summed E-state index contributed by atoms with van der Waals surface area (Å²) < 4.78 is 0. The van der Waals surface area contributed by atoms with Crippen molar-refractivity contribution in [2.24, 2.45) is 0 Å². The molecule has 0 saturated heterocycles. The lowest BCUT2D eigenvalue weighted by molar-refractivity contribution is 0.593. The molecule has 0 atom stereocenters. The van der Waals surface area contributed by atoms with Crippen molar-refractivity contribution in [3.8, 4) is 22.3 Å². The molecule has 0 bridgehead atoms. The summed E-state index contributed by atoms with van der Waals surface area (Å²) in [5.74, 6) is 0. The van der Waals surface area contributed by atoms with Gasteiger partial charge in [-0.25, -0.2) is 0 Å². The Morgan fingerprint density at radius 3 is 0.900 bits per heavy atom. The lowest BCUT2D eigenvalue weighted by atomic mass is 9.74. The third-order valence-electron chi connectivity index (χ3n) is 11.6. The molecule has 0 aliphatic carbocycles. The Morgan fingerprint density at radius 1 is 0.250 bits per heavy atom. The van der Waals surface area contributed by atoms with Crippen molar-refractivity contribution in [3.63, 3.8) is 0 Å². The molecule has 0 aliphatic rings. The van der Waals surface area contributed by atoms with Crippen LogP contribution in [0.3, 0.4) is 0 Å². The minimum Gasteiger partial charge on any atom is -0.310 e. The molecule has 9 aromatic rings. The average Bonchev–Trinajstić information content (AvgIpc) is 3.26. The van der Waals surface area contributed by atoms with E-state index in [0.717, 1.165) is 34.1 Å². The van der Waals surface area contributed by atoms with E-state index in [1.807, 2.05) is 0 Å². The van der Waals surface area contributed by atoms with E-state index in [0.29, 0.717) is 0 Å². The Morgan fingerprint density at radius 2 is 0.550 bits per heavy atom. The summed E-state index contributed by atoms with van der Waals surface area (Å²) in [5, 5.41) is 5.18. The first-order chi connectivity index (χ1) is 29.0. The van der Waals surface area contributed by atoms with Gasteiger partial charge in [0.2, 0.25) is 0 Å². The molecular weight excluding hydrogens is 725 g/mol. The maximum absolute atomic E-state index is 2.45. The van der Waals surface area contributed by atoms with Crippen LogP contribution in [0.15, 0.2) is 206 Å². The van der Waals surface area contributed by atoms with Crippen molar-refractivity contribution >= 4 is 55.7 Å². The van der Waals surface area contributed by atoms with Crippen LogP contribution >= 0.6 is 0 Å². The van der Waals surface area contributed by atoms with Crippen molar-refractivity contribution in [1.29, 1.82) is 0 Å². The Kier molecular flexibility index (Phi) is 10.1. The summed E-state index contributed by atoms with van der Waals surface area (Å²) >= 11 is 0. The van der Waals surface area contributed by atoms with E-state index < -0.39 is 0 Å². The number of benzene rings is 9. The summed E-state index contributed by atoms with van der Waals surface area (Å²) in [4.78, 5) is 4.81. The first-order valence-electron chi connectivity index (χ1n) is 21.1. The summed E-state index contributed by atoms with van der Waals surface area (Å²) in [6.45, 7) is 14.2. The average molecular weight is 777 g/mol. The molecule has 0 spiro atoms. The van der Waals surface area contributed by atoms with E-state index in [4.69, 9.17) is 0 Å². The van der Waals surface area contributed by atoms with Crippen molar-refractivity contribution in [3.05, 3.63) is 217 Å². The van der Waals surface area contributed by atoms with E-state index in [2.05, 4.69) is 258 Å². The second kappa shape index (κ2) is 15.7. The van der Waals surface area contributed by atoms with Gasteiger partial charge in [0.25, 0.3) is 0 Å². The predicted molar refractivity (Wildman–Crippen MR) is 259 cm³/mol. The summed E-state index contributed by atoms with van der Waals surface area (Å²) in [6, 6.07) is 75.0. The SMILES string of the molecule is CC(C)(C)c1c2ccc(N(c3ccccc3)c3cccc(-c4ccccc4)c3)cc2c(C(C)(C)C)c2ccc(N(c3ccccc3)c3cccc(-c4ccccc4)c3)cc12. The molecule has 2 heteroatoms. The van der Waals surface area contributed by atoms with E-state index in [9.17, 15) is 0 Å². The summed E-state index contributed by atoms with van der Waals surface area (Å²) in [6.07, 6.45) is 0. The highest BCUT2D eigenvalue weighted by Gasteiger charge is 2.29. The van der Waals surface area contributed by atoms with Crippen molar-refractivity contribution in [2.75, 3.05) is 9.80 Å². The first-order valence-corrected chi connectivity index (χ1v) is 21.1. The van der Waals surface area contributed by atoms with Gasteiger partial charge in [-0.15, -0.1) is 0 Å². The van der Waals surface area contributed by atoms with Gasteiger partial charge in [-0.05, 0) is 139 Å². The number of rotatable bonds is 8. The lowest BCUT2D eigenvalue weighted by Gasteiger charge is -2.33. The van der Waals surface area contributed by atoms with E-state index in [1.54, 1.807) is 0 Å². The van der Waals surface area contributed by atoms with Gasteiger partial charge in [0.05, 0.1) is 0 Å². The van der Waals surface area contributed by atoms with Crippen LogP contribution in [0.25, 0.3) is 43.8 Å². The number of hydrogen-bond acceptors (Lipinski definition) is 2. The summed E-state index contributed by atoms with van der Waals surface area (Å²) in [5.41, 5.74) is 14.0. The van der Waals surface area contributed by atoms with Gasteiger partial charge >= 0.3 is 0 Å². The third-order valence-corrected chi connectivity index (χ3v) is 11.6. The number of hydrogen-bond donors (Lipinski definition) is 0. The maximum atomic E-state index is 2.45. The van der Waals surface area contributed by atoms with Gasteiger partial charge in [0, 0.05) is 34.1 Å². The van der Waals surface area contributed by atoms with Crippen LogP contribution in [-0.2, 0) is 10.8 Å². The van der Waals surface area contributed by atoms with Crippen LogP contribution in [0.5, 0.6) is 0 Å². The Balaban J connectivity index is 1.28. The number of nitrogens with zero attached hydrogens (tertiary/aromatic N) is 2. The fourth-order valence-electron chi connectivity index (χ4n) is 9.06. The molecule has 9 aromatic carbocycles. The second-order valence-corrected chi connectivity index (χ2v) is 17.9. The largest absolute Gasteiger partial charge is 0.310 e. The molecule has 0 saturated carbocycles. The fraction of sp³-hybridized carbons (Fsp3) is 0.138. The molecule has 9 rings (SSSR count). The van der Waals surface area contributed by atoms with Crippen LogP contribution in [0.4, 0.5) is 34.1 Å². The Bertz CT molecular complexity index is 2720. The molecule has 0 aromatic heterocycles. The summed E-state index contributed by atoms with van der Waals surface area (Å²) in [7, 11) is 0. The monoisotopic (exact) mass is 776 g/mol. The number of fused-ring (bicyclic) bond motifs is 2. The highest BCUT2D eigenvalue weighted by molar-refractivity contribution is 6.10. The molecule has 0 radical (unpaired) electrons. The minimum atomic E-state index is -0.152. The van der Waals surface area contributed by atoms with Crippen LogP contribution in [0.1, 0.15) is 52.7 Å². The molecule has 0 unspecified atom stereocenters. The molecule has 294 valence electrons. The van der Waals surface area contributed by atoms with Crippen molar-refractivity contribution < 1.29 is 0 Å². The van der Waals surface area contributed by atoms with Gasteiger partial charge in [-0.2, -0.15) is 0 Å². The Hall–Kier alpha value is -6.90. The van der Waals surface area contributed by atoms with Gasteiger partial charge in [0.15, 0.2) is 0 Å². The van der Waals surface area contributed by atoms with Crippen LogP contribution < -0.4 is 9.80 Å². The highest BCUT2D eigenvalue weighted by Crippen LogP contribution is 2.48. The van der Waals surface area contributed by atoms with E-state index >= 15 is 0 Å². The third kappa shape index (κ3) is 7.46. The van der Waals surface area contributed by atoms with Crippen molar-refractivity contribution in [2.45, 2.75) is 52.4 Å². The molecule has 0 aliphatic heterocycles. The Labute approximate surface area is 356 Å². The maximum Gasteiger partial charge on any atom is 0.0468 e. The van der Waals surface area contributed by atoms with Gasteiger partial charge in [-0.1, -0.05) is 175 Å². The quantitative estimate of drug-likeness (QED) is 0.142. The van der Waals surface area contributed by atoms with Gasteiger partial charge in [0.1, 0.15) is 0 Å². The predicted octanol–water partition coefficient (Wildman–Crippen LogP) is 16.9. The second-order valence-electron chi connectivity index (χ2n) is 17.9. The van der Waals surface area contributed by atoms with Crippen LogP contribution in [-0.4, -0.2) is 0 Å². The molecule has 0 heterocycles. The molecule has 0 N–H and O–H groups in total. The van der Waals surface area contributed by atoms with Gasteiger partial charge < -0.3 is 9.80 Å². The first kappa shape index (κ1) is 38.6. The van der Waals surface area contributed by atoms with Crippen LogP contribution in [0.2, 0.25) is 0 Å².